The van der Waals surface area contributed by atoms with E-state index in [4.69, 9.17) is 33.9 Å². The summed E-state index contributed by atoms with van der Waals surface area (Å²) in [6.45, 7) is 0. The number of hydrogen-bond donors (Lipinski definition) is 1. The summed E-state index contributed by atoms with van der Waals surface area (Å²) in [5.74, 6) is -0.510. The molecule has 1 rings (SSSR count). The van der Waals surface area contributed by atoms with Crippen LogP contribution >= 0.6 is 33.9 Å². The van der Waals surface area contributed by atoms with Crippen molar-refractivity contribution in [3.8, 4) is 5.75 Å². The maximum absolute atomic E-state index is 11.0. The van der Waals surface area contributed by atoms with Gasteiger partial charge < -0.3 is 5.11 Å². The Balaban J connectivity index is 3.58. The molecule has 1 aromatic rings. The monoisotopic (exact) mass is 288 g/mol. The second-order valence-corrected chi connectivity index (χ2v) is 5.80. The van der Waals surface area contributed by atoms with Crippen LogP contribution in [0.15, 0.2) is 17.0 Å². The van der Waals surface area contributed by atoms with E-state index >= 15 is 0 Å². The fourth-order valence-electron chi connectivity index (χ4n) is 0.887. The van der Waals surface area contributed by atoms with Crippen molar-refractivity contribution in [1.82, 2.24) is 0 Å². The fourth-order valence-corrected chi connectivity index (χ4v) is 2.55. The molecule has 1 N–H and O–H groups in total. The van der Waals surface area contributed by atoms with E-state index in [1.54, 1.807) is 0 Å². The molecule has 0 heterocycles. The molecule has 0 aliphatic heterocycles. The number of phenols is 1. The second-order valence-electron chi connectivity index (χ2n) is 2.51. The van der Waals surface area contributed by atoms with E-state index in [2.05, 4.69) is 0 Å². The number of aromatic hydroxyl groups is 1. The van der Waals surface area contributed by atoms with E-state index in [1.165, 1.54) is 0 Å². The summed E-state index contributed by atoms with van der Waals surface area (Å²) in [6.07, 6.45) is 0. The van der Waals surface area contributed by atoms with Gasteiger partial charge in [0, 0.05) is 16.7 Å². The third-order valence-electron chi connectivity index (χ3n) is 1.52. The van der Waals surface area contributed by atoms with Crippen LogP contribution in [0.3, 0.4) is 0 Å². The first-order valence-electron chi connectivity index (χ1n) is 3.40. The summed E-state index contributed by atoms with van der Waals surface area (Å²) in [5.41, 5.74) is -0.375. The van der Waals surface area contributed by atoms with Crippen LogP contribution in [-0.4, -0.2) is 18.8 Å². The fraction of sp³-hybridized carbons (Fsp3) is 0. The van der Waals surface area contributed by atoms with Crippen molar-refractivity contribution >= 4 is 48.2 Å². The lowest BCUT2D eigenvalue weighted by molar-refractivity contribution is 0.107. The molecule has 0 saturated heterocycles. The van der Waals surface area contributed by atoms with Crippen LogP contribution in [0, 0.1) is 0 Å². The summed E-state index contributed by atoms with van der Waals surface area (Å²) < 4.78 is 22.0. The molecule has 0 amide bonds. The van der Waals surface area contributed by atoms with E-state index in [1.807, 2.05) is 0 Å². The van der Waals surface area contributed by atoms with Crippen molar-refractivity contribution in [2.24, 2.45) is 0 Å². The highest BCUT2D eigenvalue weighted by atomic mass is 35.7. The van der Waals surface area contributed by atoms with Crippen LogP contribution in [0.25, 0.3) is 0 Å². The summed E-state index contributed by atoms with van der Waals surface area (Å²) in [6, 6.07) is 1.70. The molecule has 0 unspecified atom stereocenters. The molecule has 0 fully saturated rings. The zero-order valence-corrected chi connectivity index (χ0v) is 9.95. The minimum Gasteiger partial charge on any atom is -0.507 e. The van der Waals surface area contributed by atoms with Crippen LogP contribution in [0.2, 0.25) is 5.02 Å². The number of hydrogen-bond acceptors (Lipinski definition) is 4. The number of phenolic OH excluding ortho intramolecular Hbond substituents is 1. The van der Waals surface area contributed by atoms with Crippen molar-refractivity contribution in [2.45, 2.75) is 4.90 Å². The Labute approximate surface area is 99.8 Å². The Hall–Kier alpha value is -0.490. The van der Waals surface area contributed by atoms with Crippen LogP contribution in [-0.2, 0) is 9.05 Å². The van der Waals surface area contributed by atoms with Gasteiger partial charge in [0.05, 0.1) is 10.6 Å². The molecule has 0 atom stereocenters. The number of carbonyl (C=O) groups is 1. The van der Waals surface area contributed by atoms with Crippen LogP contribution in [0.4, 0.5) is 0 Å². The SMILES string of the molecule is O=C(Cl)c1cc(S(=O)(=O)Cl)c(Cl)cc1O. The molecule has 0 radical (unpaired) electrons. The molecular formula is C7H3Cl3O4S. The molecule has 4 nitrogen and oxygen atoms in total. The van der Waals surface area contributed by atoms with Crippen LogP contribution < -0.4 is 0 Å². The normalized spacial score (nSPS) is 11.4. The largest absolute Gasteiger partial charge is 0.507 e. The highest BCUT2D eigenvalue weighted by Crippen LogP contribution is 2.32. The van der Waals surface area contributed by atoms with E-state index in [9.17, 15) is 18.3 Å². The molecule has 1 aromatic carbocycles. The molecular weight excluding hydrogens is 286 g/mol. The van der Waals surface area contributed by atoms with Gasteiger partial charge in [0.2, 0.25) is 0 Å². The molecule has 0 spiro atoms. The number of carbonyl (C=O) groups excluding carboxylic acids is 1. The highest BCUT2D eigenvalue weighted by Gasteiger charge is 2.20. The lowest BCUT2D eigenvalue weighted by atomic mass is 10.2. The van der Waals surface area contributed by atoms with Crippen molar-refractivity contribution in [3.05, 3.63) is 22.7 Å². The van der Waals surface area contributed by atoms with E-state index in [0.29, 0.717) is 0 Å². The van der Waals surface area contributed by atoms with E-state index < -0.39 is 24.9 Å². The Bertz CT molecular complexity index is 523. The molecule has 82 valence electrons. The maximum Gasteiger partial charge on any atom is 0.262 e. The summed E-state index contributed by atoms with van der Waals surface area (Å²) in [4.78, 5) is 10.3. The average Bonchev–Trinajstić information content (AvgIpc) is 2.00. The zero-order valence-electron chi connectivity index (χ0n) is 6.87. The van der Waals surface area contributed by atoms with Gasteiger partial charge in [0.25, 0.3) is 14.3 Å². The first-order chi connectivity index (χ1) is 6.73. The van der Waals surface area contributed by atoms with Gasteiger partial charge in [-0.25, -0.2) is 8.42 Å². The van der Waals surface area contributed by atoms with E-state index in [0.717, 1.165) is 12.1 Å². The minimum atomic E-state index is -4.09. The lowest BCUT2D eigenvalue weighted by Gasteiger charge is -2.04. The van der Waals surface area contributed by atoms with Crippen molar-refractivity contribution in [3.63, 3.8) is 0 Å². The number of benzene rings is 1. The van der Waals surface area contributed by atoms with Gasteiger partial charge in [-0.3, -0.25) is 4.79 Å². The Kier molecular flexibility index (Phi) is 3.50. The quantitative estimate of drug-likeness (QED) is 0.848. The zero-order chi connectivity index (χ0) is 11.8. The smallest absolute Gasteiger partial charge is 0.262 e. The predicted molar refractivity (Wildman–Crippen MR) is 56.3 cm³/mol. The molecule has 8 heteroatoms. The second kappa shape index (κ2) is 4.17. The van der Waals surface area contributed by atoms with Crippen LogP contribution in [0.5, 0.6) is 5.75 Å². The van der Waals surface area contributed by atoms with E-state index in [-0.39, 0.29) is 10.6 Å². The van der Waals surface area contributed by atoms with Crippen molar-refractivity contribution < 1.29 is 18.3 Å². The molecule has 15 heavy (non-hydrogen) atoms. The summed E-state index contributed by atoms with van der Waals surface area (Å²) in [5, 5.41) is 7.93. The highest BCUT2D eigenvalue weighted by molar-refractivity contribution is 8.13. The van der Waals surface area contributed by atoms with Crippen LogP contribution in [0.1, 0.15) is 10.4 Å². The molecule has 0 bridgehead atoms. The first-order valence-corrected chi connectivity index (χ1v) is 6.47. The molecule has 0 aliphatic rings. The topological polar surface area (TPSA) is 71.4 Å². The van der Waals surface area contributed by atoms with Gasteiger partial charge >= 0.3 is 0 Å². The van der Waals surface area contributed by atoms with Gasteiger partial charge in [-0.2, -0.15) is 0 Å². The first kappa shape index (κ1) is 12.6. The predicted octanol–water partition coefficient (Wildman–Crippen LogP) is 2.35. The van der Waals surface area contributed by atoms with Gasteiger partial charge in [-0.05, 0) is 17.7 Å². The van der Waals surface area contributed by atoms with Gasteiger partial charge in [-0.1, -0.05) is 11.6 Å². The Morgan fingerprint density at radius 3 is 2.27 bits per heavy atom. The Morgan fingerprint density at radius 1 is 1.33 bits per heavy atom. The molecule has 0 saturated carbocycles. The number of rotatable bonds is 2. The number of halogens is 3. The van der Waals surface area contributed by atoms with Crippen molar-refractivity contribution in [1.29, 1.82) is 0 Å². The van der Waals surface area contributed by atoms with Crippen molar-refractivity contribution in [2.75, 3.05) is 0 Å². The summed E-state index contributed by atoms with van der Waals surface area (Å²) in [7, 11) is 0.957. The van der Waals surface area contributed by atoms with Gasteiger partial charge in [0.1, 0.15) is 10.6 Å². The standard InChI is InChI=1S/C7H3Cl3O4S/c8-4-2-5(11)3(7(9)12)1-6(4)15(10,13)14/h1-2,11H. The molecule has 0 aliphatic carbocycles. The van der Waals surface area contributed by atoms with Gasteiger partial charge in [0.15, 0.2) is 0 Å². The third-order valence-corrected chi connectivity index (χ3v) is 3.51. The summed E-state index contributed by atoms with van der Waals surface area (Å²) >= 11 is 10.6. The lowest BCUT2D eigenvalue weighted by Crippen LogP contribution is -1.97. The Morgan fingerprint density at radius 2 is 1.87 bits per heavy atom. The van der Waals surface area contributed by atoms with Gasteiger partial charge in [-0.15, -0.1) is 0 Å². The maximum atomic E-state index is 11.0. The average molecular weight is 290 g/mol. The molecule has 0 aromatic heterocycles. The minimum absolute atomic E-state index is 0.288. The third kappa shape index (κ3) is 2.75.